The van der Waals surface area contributed by atoms with Gasteiger partial charge in [-0.15, -0.1) is 0 Å². The normalized spacial score (nSPS) is 11.9. The molecule has 21 heavy (non-hydrogen) atoms. The largest absolute Gasteiger partial charge is 0.469 e. The Hall–Kier alpha value is -2.23. The summed E-state index contributed by atoms with van der Waals surface area (Å²) in [7, 11) is 0. The lowest BCUT2D eigenvalue weighted by atomic mass is 10.1. The first-order valence-corrected chi connectivity index (χ1v) is 7.36. The number of anilines is 1. The maximum Gasteiger partial charge on any atom is 0.251 e. The minimum Gasteiger partial charge on any atom is -0.469 e. The Balaban J connectivity index is 1.95. The van der Waals surface area contributed by atoms with E-state index in [4.69, 9.17) is 4.42 Å². The van der Waals surface area contributed by atoms with Crippen LogP contribution in [0.5, 0.6) is 0 Å². The predicted molar refractivity (Wildman–Crippen MR) is 84.6 cm³/mol. The van der Waals surface area contributed by atoms with Gasteiger partial charge in [0.05, 0.1) is 6.26 Å². The molecule has 1 unspecified atom stereocenters. The molecule has 0 bridgehead atoms. The molecule has 0 radical (unpaired) electrons. The maximum absolute atomic E-state index is 11.9. The Morgan fingerprint density at radius 2 is 2.14 bits per heavy atom. The standard InChI is InChI=1S/C17H22N2O2/c1-3-9-18-17(20)14-6-4-7-15(12-14)19-13(2)11-16-8-5-10-21-16/h4-8,10,12-13,19H,3,9,11H2,1-2H3,(H,18,20). The number of carbonyl (C=O) groups is 1. The summed E-state index contributed by atoms with van der Waals surface area (Å²) < 4.78 is 5.34. The third kappa shape index (κ3) is 4.67. The second kappa shape index (κ2) is 7.53. The molecular formula is C17H22N2O2. The van der Waals surface area contributed by atoms with E-state index in [1.165, 1.54) is 0 Å². The Labute approximate surface area is 125 Å². The molecule has 1 heterocycles. The molecule has 1 amide bonds. The Bertz CT molecular complexity index is 564. The van der Waals surface area contributed by atoms with Crippen LogP contribution in [-0.2, 0) is 6.42 Å². The van der Waals surface area contributed by atoms with Crippen LogP contribution in [0.2, 0.25) is 0 Å². The number of furan rings is 1. The lowest BCUT2D eigenvalue weighted by molar-refractivity contribution is 0.0953. The predicted octanol–water partition coefficient (Wildman–Crippen LogP) is 3.46. The zero-order chi connectivity index (χ0) is 15.1. The first-order chi connectivity index (χ1) is 10.2. The van der Waals surface area contributed by atoms with Crippen molar-refractivity contribution in [1.29, 1.82) is 0 Å². The van der Waals surface area contributed by atoms with E-state index in [0.717, 1.165) is 24.3 Å². The van der Waals surface area contributed by atoms with Crippen molar-refractivity contribution < 1.29 is 9.21 Å². The van der Waals surface area contributed by atoms with E-state index >= 15 is 0 Å². The molecule has 2 N–H and O–H groups in total. The monoisotopic (exact) mass is 286 g/mol. The van der Waals surface area contributed by atoms with Gasteiger partial charge in [0.2, 0.25) is 0 Å². The van der Waals surface area contributed by atoms with E-state index in [9.17, 15) is 4.79 Å². The minimum absolute atomic E-state index is 0.0285. The van der Waals surface area contributed by atoms with Gasteiger partial charge in [-0.05, 0) is 43.7 Å². The highest BCUT2D eigenvalue weighted by Crippen LogP contribution is 2.14. The SMILES string of the molecule is CCCNC(=O)c1cccc(NC(C)Cc2ccco2)c1. The van der Waals surface area contributed by atoms with Crippen LogP contribution in [0, 0.1) is 0 Å². The number of carbonyl (C=O) groups excluding carboxylic acids is 1. The average Bonchev–Trinajstić information content (AvgIpc) is 2.97. The number of hydrogen-bond acceptors (Lipinski definition) is 3. The van der Waals surface area contributed by atoms with Crippen LogP contribution < -0.4 is 10.6 Å². The summed E-state index contributed by atoms with van der Waals surface area (Å²) in [4.78, 5) is 11.9. The van der Waals surface area contributed by atoms with Crippen molar-refractivity contribution in [2.45, 2.75) is 32.7 Å². The smallest absolute Gasteiger partial charge is 0.251 e. The van der Waals surface area contributed by atoms with E-state index in [-0.39, 0.29) is 11.9 Å². The quantitative estimate of drug-likeness (QED) is 0.819. The van der Waals surface area contributed by atoms with Crippen molar-refractivity contribution in [3.05, 3.63) is 54.0 Å². The highest BCUT2D eigenvalue weighted by molar-refractivity contribution is 5.95. The average molecular weight is 286 g/mol. The van der Waals surface area contributed by atoms with Crippen LogP contribution in [-0.4, -0.2) is 18.5 Å². The van der Waals surface area contributed by atoms with Crippen molar-refractivity contribution in [2.24, 2.45) is 0 Å². The molecule has 112 valence electrons. The summed E-state index contributed by atoms with van der Waals surface area (Å²) in [6.07, 6.45) is 3.42. The molecule has 0 saturated heterocycles. The second-order valence-electron chi connectivity index (χ2n) is 5.17. The summed E-state index contributed by atoms with van der Waals surface area (Å²) in [5, 5.41) is 6.28. The van der Waals surface area contributed by atoms with Crippen LogP contribution in [0.25, 0.3) is 0 Å². The number of nitrogens with one attached hydrogen (secondary N) is 2. The van der Waals surface area contributed by atoms with Crippen molar-refractivity contribution in [3.8, 4) is 0 Å². The van der Waals surface area contributed by atoms with Gasteiger partial charge in [0.1, 0.15) is 5.76 Å². The number of rotatable bonds is 7. The number of benzene rings is 1. The summed E-state index contributed by atoms with van der Waals surface area (Å²) in [6.45, 7) is 4.83. The molecule has 4 heteroatoms. The van der Waals surface area contributed by atoms with Gasteiger partial charge in [0, 0.05) is 30.3 Å². The summed E-state index contributed by atoms with van der Waals surface area (Å²) in [6, 6.07) is 11.6. The van der Waals surface area contributed by atoms with E-state index in [2.05, 4.69) is 17.6 Å². The zero-order valence-electron chi connectivity index (χ0n) is 12.6. The van der Waals surface area contributed by atoms with Crippen LogP contribution in [0.1, 0.15) is 36.4 Å². The van der Waals surface area contributed by atoms with Crippen LogP contribution >= 0.6 is 0 Å². The molecule has 0 fully saturated rings. The number of amides is 1. The third-order valence-corrected chi connectivity index (χ3v) is 3.16. The first-order valence-electron chi connectivity index (χ1n) is 7.36. The van der Waals surface area contributed by atoms with Crippen molar-refractivity contribution in [3.63, 3.8) is 0 Å². The molecule has 1 aromatic carbocycles. The van der Waals surface area contributed by atoms with Crippen molar-refractivity contribution in [2.75, 3.05) is 11.9 Å². The Morgan fingerprint density at radius 1 is 1.29 bits per heavy atom. The van der Waals surface area contributed by atoms with Gasteiger partial charge in [-0.1, -0.05) is 13.0 Å². The maximum atomic E-state index is 11.9. The number of hydrogen-bond donors (Lipinski definition) is 2. The van der Waals surface area contributed by atoms with Gasteiger partial charge in [-0.25, -0.2) is 0 Å². The molecule has 0 aliphatic heterocycles. The molecule has 4 nitrogen and oxygen atoms in total. The molecular weight excluding hydrogens is 264 g/mol. The second-order valence-corrected chi connectivity index (χ2v) is 5.17. The molecule has 0 saturated carbocycles. The molecule has 2 rings (SSSR count). The third-order valence-electron chi connectivity index (χ3n) is 3.16. The van der Waals surface area contributed by atoms with E-state index in [1.54, 1.807) is 6.26 Å². The van der Waals surface area contributed by atoms with Gasteiger partial charge in [0.15, 0.2) is 0 Å². The molecule has 2 aromatic rings. The highest BCUT2D eigenvalue weighted by atomic mass is 16.3. The first kappa shape index (κ1) is 15.2. The lowest BCUT2D eigenvalue weighted by Crippen LogP contribution is -2.24. The van der Waals surface area contributed by atoms with Crippen molar-refractivity contribution in [1.82, 2.24) is 5.32 Å². The lowest BCUT2D eigenvalue weighted by Gasteiger charge is -2.15. The molecule has 1 aromatic heterocycles. The molecule has 0 aliphatic rings. The van der Waals surface area contributed by atoms with E-state index in [0.29, 0.717) is 12.1 Å². The van der Waals surface area contributed by atoms with Gasteiger partial charge in [-0.2, -0.15) is 0 Å². The topological polar surface area (TPSA) is 54.3 Å². The zero-order valence-corrected chi connectivity index (χ0v) is 12.6. The molecule has 0 spiro atoms. The van der Waals surface area contributed by atoms with Gasteiger partial charge < -0.3 is 15.1 Å². The minimum atomic E-state index is -0.0285. The van der Waals surface area contributed by atoms with E-state index < -0.39 is 0 Å². The molecule has 0 aliphatic carbocycles. The van der Waals surface area contributed by atoms with Crippen LogP contribution in [0.15, 0.2) is 47.1 Å². The van der Waals surface area contributed by atoms with Gasteiger partial charge in [-0.3, -0.25) is 4.79 Å². The fourth-order valence-electron chi connectivity index (χ4n) is 2.16. The fraction of sp³-hybridized carbons (Fsp3) is 0.353. The van der Waals surface area contributed by atoms with Crippen molar-refractivity contribution >= 4 is 11.6 Å². The van der Waals surface area contributed by atoms with E-state index in [1.807, 2.05) is 43.3 Å². The molecule has 1 atom stereocenters. The summed E-state index contributed by atoms with van der Waals surface area (Å²) in [5.74, 6) is 0.922. The highest BCUT2D eigenvalue weighted by Gasteiger charge is 2.08. The van der Waals surface area contributed by atoms with Crippen LogP contribution in [0.4, 0.5) is 5.69 Å². The fourth-order valence-corrected chi connectivity index (χ4v) is 2.16. The van der Waals surface area contributed by atoms with Crippen LogP contribution in [0.3, 0.4) is 0 Å². The summed E-state index contributed by atoms with van der Waals surface area (Å²) in [5.41, 5.74) is 1.62. The summed E-state index contributed by atoms with van der Waals surface area (Å²) >= 11 is 0. The Morgan fingerprint density at radius 3 is 2.86 bits per heavy atom. The van der Waals surface area contributed by atoms with Gasteiger partial charge >= 0.3 is 0 Å². The Kier molecular flexibility index (Phi) is 5.43. The van der Waals surface area contributed by atoms with Gasteiger partial charge in [0.25, 0.3) is 5.91 Å².